The zero-order valence-electron chi connectivity index (χ0n) is 12.0. The van der Waals surface area contributed by atoms with E-state index in [-0.39, 0.29) is 42.0 Å². The summed E-state index contributed by atoms with van der Waals surface area (Å²) in [4.78, 5) is 14.6. The van der Waals surface area contributed by atoms with E-state index >= 15 is 0 Å². The van der Waals surface area contributed by atoms with Gasteiger partial charge in [0.25, 0.3) is 0 Å². The molecule has 21 heavy (non-hydrogen) atoms. The van der Waals surface area contributed by atoms with E-state index in [4.69, 9.17) is 5.73 Å². The van der Waals surface area contributed by atoms with Crippen molar-refractivity contribution in [2.24, 2.45) is 11.7 Å². The monoisotopic (exact) mass is 312 g/mol. The van der Waals surface area contributed by atoms with Crippen LogP contribution in [0.5, 0.6) is 0 Å². The predicted molar refractivity (Wildman–Crippen MR) is 82.9 cm³/mol. The summed E-state index contributed by atoms with van der Waals surface area (Å²) in [5.41, 5.74) is 6.85. The second-order valence-corrected chi connectivity index (χ2v) is 5.92. The lowest BCUT2D eigenvalue weighted by Crippen LogP contribution is -2.48. The Kier molecular flexibility index (Phi) is 5.22. The van der Waals surface area contributed by atoms with Crippen LogP contribution in [0.25, 0.3) is 0 Å². The Labute approximate surface area is 131 Å². The highest BCUT2D eigenvalue weighted by Gasteiger charge is 2.46. The summed E-state index contributed by atoms with van der Waals surface area (Å²) in [5.74, 6) is 0.363. The number of benzene rings is 1. The fraction of sp³-hybridized carbons (Fsp3) is 0.562. The van der Waals surface area contributed by atoms with Crippen molar-refractivity contribution in [1.82, 2.24) is 4.90 Å². The van der Waals surface area contributed by atoms with Crippen LogP contribution in [0.15, 0.2) is 24.3 Å². The van der Waals surface area contributed by atoms with Gasteiger partial charge in [0.05, 0.1) is 0 Å². The summed E-state index contributed by atoms with van der Waals surface area (Å²) in [6.45, 7) is 1.40. The summed E-state index contributed by atoms with van der Waals surface area (Å²) in [6, 6.07) is 6.75. The molecule has 0 spiro atoms. The summed E-state index contributed by atoms with van der Waals surface area (Å²) in [5, 5.41) is 0. The molecule has 1 heterocycles. The summed E-state index contributed by atoms with van der Waals surface area (Å²) >= 11 is 0. The second kappa shape index (κ2) is 6.75. The highest BCUT2D eigenvalue weighted by Crippen LogP contribution is 2.48. The molecule has 5 heteroatoms. The largest absolute Gasteiger partial charge is 0.338 e. The number of amides is 1. The fourth-order valence-electron chi connectivity index (χ4n) is 3.30. The van der Waals surface area contributed by atoms with Crippen LogP contribution in [0.4, 0.5) is 4.39 Å². The lowest BCUT2D eigenvalue weighted by atomic mass is 10.0. The van der Waals surface area contributed by atoms with E-state index in [2.05, 4.69) is 0 Å². The van der Waals surface area contributed by atoms with Crippen LogP contribution in [0.2, 0.25) is 0 Å². The van der Waals surface area contributed by atoms with Gasteiger partial charge < -0.3 is 10.6 Å². The average Bonchev–Trinajstić information content (AvgIpc) is 3.27. The molecule has 3 unspecified atom stereocenters. The third-order valence-corrected chi connectivity index (χ3v) is 4.59. The standard InChI is InChI=1S/C16H21FN2O.ClH/c17-12-6-4-11(5-7-12)14-9-15(14)16(20)19-8-2-1-3-13(19)10-18;/h4-7,13-15H,1-3,8-10,18H2;1H. The molecule has 3 atom stereocenters. The Morgan fingerprint density at radius 3 is 2.67 bits per heavy atom. The molecule has 1 aliphatic carbocycles. The number of rotatable bonds is 3. The Bertz CT molecular complexity index is 494. The van der Waals surface area contributed by atoms with Gasteiger partial charge in [-0.2, -0.15) is 0 Å². The lowest BCUT2D eigenvalue weighted by Gasteiger charge is -2.35. The summed E-state index contributed by atoms with van der Waals surface area (Å²) in [7, 11) is 0. The van der Waals surface area contributed by atoms with Crippen molar-refractivity contribution in [3.63, 3.8) is 0 Å². The molecule has 1 saturated heterocycles. The van der Waals surface area contributed by atoms with Crippen molar-refractivity contribution in [3.8, 4) is 0 Å². The maximum Gasteiger partial charge on any atom is 0.226 e. The average molecular weight is 313 g/mol. The number of likely N-dealkylation sites (tertiary alicyclic amines) is 1. The van der Waals surface area contributed by atoms with Gasteiger partial charge >= 0.3 is 0 Å². The number of nitrogens with zero attached hydrogens (tertiary/aromatic N) is 1. The molecule has 3 nitrogen and oxygen atoms in total. The molecule has 3 rings (SSSR count). The number of halogens is 2. The highest BCUT2D eigenvalue weighted by molar-refractivity contribution is 5.85. The van der Waals surface area contributed by atoms with Gasteiger partial charge in [0.2, 0.25) is 5.91 Å². The van der Waals surface area contributed by atoms with Gasteiger partial charge in [0, 0.05) is 25.0 Å². The van der Waals surface area contributed by atoms with E-state index in [0.29, 0.717) is 6.54 Å². The first-order chi connectivity index (χ1) is 9.70. The quantitative estimate of drug-likeness (QED) is 0.932. The van der Waals surface area contributed by atoms with Crippen molar-refractivity contribution < 1.29 is 9.18 Å². The number of carbonyl (C=O) groups excluding carboxylic acids is 1. The lowest BCUT2D eigenvalue weighted by molar-refractivity contribution is -0.136. The van der Waals surface area contributed by atoms with E-state index < -0.39 is 0 Å². The summed E-state index contributed by atoms with van der Waals surface area (Å²) < 4.78 is 12.9. The maximum atomic E-state index is 12.9. The van der Waals surface area contributed by atoms with Crippen molar-refractivity contribution in [2.45, 2.75) is 37.6 Å². The SMILES string of the molecule is Cl.NCC1CCCCN1C(=O)C1CC1c1ccc(F)cc1. The Balaban J connectivity index is 0.00000161. The van der Waals surface area contributed by atoms with Crippen LogP contribution in [0.3, 0.4) is 0 Å². The van der Waals surface area contributed by atoms with Crippen LogP contribution in [-0.2, 0) is 4.79 Å². The molecule has 1 saturated carbocycles. The van der Waals surface area contributed by atoms with Gasteiger partial charge in [-0.3, -0.25) is 4.79 Å². The fourth-order valence-corrected chi connectivity index (χ4v) is 3.30. The van der Waals surface area contributed by atoms with Crippen LogP contribution >= 0.6 is 12.4 Å². The van der Waals surface area contributed by atoms with Crippen LogP contribution in [0.1, 0.15) is 37.2 Å². The first kappa shape index (κ1) is 16.2. The van der Waals surface area contributed by atoms with E-state index in [9.17, 15) is 9.18 Å². The zero-order valence-corrected chi connectivity index (χ0v) is 12.8. The van der Waals surface area contributed by atoms with E-state index in [1.54, 1.807) is 12.1 Å². The smallest absolute Gasteiger partial charge is 0.226 e. The molecular weight excluding hydrogens is 291 g/mol. The normalized spacial score (nSPS) is 27.9. The third-order valence-electron chi connectivity index (χ3n) is 4.59. The minimum atomic E-state index is -0.225. The molecule has 116 valence electrons. The minimum absolute atomic E-state index is 0. The predicted octanol–water partition coefficient (Wildman–Crippen LogP) is 2.69. The third kappa shape index (κ3) is 3.38. The van der Waals surface area contributed by atoms with Gasteiger partial charge in [-0.25, -0.2) is 4.39 Å². The number of carbonyl (C=O) groups is 1. The Hall–Kier alpha value is -1.13. The van der Waals surface area contributed by atoms with Crippen LogP contribution in [0, 0.1) is 11.7 Å². The molecule has 1 aliphatic heterocycles. The van der Waals surface area contributed by atoms with Gasteiger partial charge in [0.15, 0.2) is 0 Å². The first-order valence-electron chi connectivity index (χ1n) is 7.46. The van der Waals surface area contributed by atoms with E-state index in [0.717, 1.165) is 37.8 Å². The first-order valence-corrected chi connectivity index (χ1v) is 7.46. The van der Waals surface area contributed by atoms with Crippen molar-refractivity contribution >= 4 is 18.3 Å². The highest BCUT2D eigenvalue weighted by atomic mass is 35.5. The van der Waals surface area contributed by atoms with Gasteiger partial charge in [0.1, 0.15) is 5.82 Å². The van der Waals surface area contributed by atoms with Gasteiger partial charge in [-0.15, -0.1) is 12.4 Å². The minimum Gasteiger partial charge on any atom is -0.338 e. The molecular formula is C16H22ClFN2O. The van der Waals surface area contributed by atoms with Crippen molar-refractivity contribution in [1.29, 1.82) is 0 Å². The molecule has 0 aromatic heterocycles. The van der Waals surface area contributed by atoms with Crippen LogP contribution < -0.4 is 5.73 Å². The zero-order chi connectivity index (χ0) is 14.1. The molecule has 1 amide bonds. The second-order valence-electron chi connectivity index (χ2n) is 5.92. The van der Waals surface area contributed by atoms with E-state index in [1.165, 1.54) is 12.1 Å². The topological polar surface area (TPSA) is 46.3 Å². The van der Waals surface area contributed by atoms with E-state index in [1.807, 2.05) is 4.90 Å². The Morgan fingerprint density at radius 2 is 2.00 bits per heavy atom. The molecule has 0 bridgehead atoms. The maximum absolute atomic E-state index is 12.9. The molecule has 1 aromatic carbocycles. The van der Waals surface area contributed by atoms with Crippen LogP contribution in [-0.4, -0.2) is 29.9 Å². The van der Waals surface area contributed by atoms with Gasteiger partial charge in [-0.05, 0) is 49.3 Å². The molecule has 2 aliphatic rings. The number of hydrogen-bond acceptors (Lipinski definition) is 2. The molecule has 2 fully saturated rings. The van der Waals surface area contributed by atoms with Gasteiger partial charge in [-0.1, -0.05) is 12.1 Å². The Morgan fingerprint density at radius 1 is 1.29 bits per heavy atom. The van der Waals surface area contributed by atoms with Crippen molar-refractivity contribution in [3.05, 3.63) is 35.6 Å². The molecule has 1 aromatic rings. The van der Waals surface area contributed by atoms with Crippen molar-refractivity contribution in [2.75, 3.05) is 13.1 Å². The summed E-state index contributed by atoms with van der Waals surface area (Å²) in [6.07, 6.45) is 4.16. The number of piperidine rings is 1. The molecule has 2 N–H and O–H groups in total. The number of hydrogen-bond donors (Lipinski definition) is 1. The number of nitrogens with two attached hydrogens (primary N) is 1. The molecule has 0 radical (unpaired) electrons.